The molecule has 4 rings (SSSR count). The normalized spacial score (nSPS) is 10.8. The second kappa shape index (κ2) is 8.97. The van der Waals surface area contributed by atoms with E-state index in [-0.39, 0.29) is 17.4 Å². The first-order valence-electron chi connectivity index (χ1n) is 9.67. The van der Waals surface area contributed by atoms with E-state index in [2.05, 4.69) is 20.4 Å². The van der Waals surface area contributed by atoms with Gasteiger partial charge in [0.05, 0.1) is 12.0 Å². The molecule has 0 saturated heterocycles. The molecule has 0 aliphatic carbocycles. The lowest BCUT2D eigenvalue weighted by molar-refractivity contribution is -0.116. The van der Waals surface area contributed by atoms with E-state index in [1.165, 1.54) is 22.1 Å². The Morgan fingerprint density at radius 2 is 2.03 bits per heavy atom. The number of hydrogen-bond donors (Lipinski definition) is 2. The quantitative estimate of drug-likeness (QED) is 0.462. The van der Waals surface area contributed by atoms with Gasteiger partial charge in [-0.15, -0.1) is 11.3 Å². The zero-order chi connectivity index (χ0) is 21.8. The monoisotopic (exact) mass is 435 g/mol. The first-order chi connectivity index (χ1) is 15.0. The highest BCUT2D eigenvalue weighted by Gasteiger charge is 2.16. The van der Waals surface area contributed by atoms with Gasteiger partial charge in [-0.3, -0.25) is 14.6 Å². The Hall–Kier alpha value is -3.72. The number of thiophene rings is 1. The molecule has 158 valence electrons. The third kappa shape index (κ3) is 4.89. The van der Waals surface area contributed by atoms with E-state index in [1.807, 2.05) is 41.8 Å². The number of ether oxygens (including phenoxy) is 1. The van der Waals surface area contributed by atoms with Gasteiger partial charge in [0.15, 0.2) is 0 Å². The highest BCUT2D eigenvalue weighted by Crippen LogP contribution is 2.27. The third-order valence-corrected chi connectivity index (χ3v) is 5.50. The summed E-state index contributed by atoms with van der Waals surface area (Å²) in [6, 6.07) is 14.7. The van der Waals surface area contributed by atoms with Crippen LogP contribution in [-0.4, -0.2) is 32.8 Å². The highest BCUT2D eigenvalue weighted by atomic mass is 32.1. The Balaban J connectivity index is 1.57. The summed E-state index contributed by atoms with van der Waals surface area (Å²) in [6.45, 7) is 1.73. The van der Waals surface area contributed by atoms with Gasteiger partial charge in [-0.1, -0.05) is 18.2 Å². The molecule has 8 nitrogen and oxygen atoms in total. The Morgan fingerprint density at radius 3 is 2.71 bits per heavy atom. The number of nitrogens with zero attached hydrogens (tertiary/aromatic N) is 3. The smallest absolute Gasteiger partial charge is 0.252 e. The maximum atomic E-state index is 12.7. The lowest BCUT2D eigenvalue weighted by Crippen LogP contribution is -2.19. The standard InChI is InChI=1S/C22H21N5O3S/c1-14-12-21(29)25-22(23-14)27-19(13-17(26-27)18-4-3-11-31-18)24-20(28)10-7-15-5-8-16(30-2)9-6-15/h3-6,8-9,11-13H,7,10H2,1-2H3,(H,24,28)(H,23,25,29). The Bertz CT molecular complexity index is 1240. The average molecular weight is 436 g/mol. The SMILES string of the molecule is COc1ccc(CCC(=O)Nc2cc(-c3cccs3)nn2-c2nc(C)cc(=O)[nH]2)cc1. The molecule has 0 fully saturated rings. The molecule has 4 aromatic rings. The van der Waals surface area contributed by atoms with E-state index in [9.17, 15) is 9.59 Å². The Labute approximate surface area is 182 Å². The van der Waals surface area contributed by atoms with E-state index in [0.29, 0.717) is 30.0 Å². The molecular weight excluding hydrogens is 414 g/mol. The van der Waals surface area contributed by atoms with Gasteiger partial charge in [0.1, 0.15) is 17.3 Å². The van der Waals surface area contributed by atoms with Gasteiger partial charge in [-0.2, -0.15) is 9.78 Å². The summed E-state index contributed by atoms with van der Waals surface area (Å²) in [5.74, 6) is 1.30. The van der Waals surface area contributed by atoms with Gasteiger partial charge in [0.2, 0.25) is 11.9 Å². The molecule has 1 amide bonds. The fourth-order valence-corrected chi connectivity index (χ4v) is 3.78. The molecule has 3 aromatic heterocycles. The zero-order valence-electron chi connectivity index (χ0n) is 17.1. The molecular formula is C22H21N5O3S. The van der Waals surface area contributed by atoms with Crippen LogP contribution >= 0.6 is 11.3 Å². The molecule has 9 heteroatoms. The Kier molecular flexibility index (Phi) is 5.94. The molecule has 0 aliphatic heterocycles. The molecule has 0 saturated carbocycles. The summed E-state index contributed by atoms with van der Waals surface area (Å²) in [6.07, 6.45) is 0.880. The average Bonchev–Trinajstić information content (AvgIpc) is 3.42. The van der Waals surface area contributed by atoms with Gasteiger partial charge in [-0.25, -0.2) is 4.98 Å². The summed E-state index contributed by atoms with van der Waals surface area (Å²) in [5.41, 5.74) is 1.99. The van der Waals surface area contributed by atoms with Crippen molar-refractivity contribution in [3.63, 3.8) is 0 Å². The number of hydrogen-bond acceptors (Lipinski definition) is 6. The summed E-state index contributed by atoms with van der Waals surface area (Å²) in [5, 5.41) is 9.42. The van der Waals surface area contributed by atoms with E-state index < -0.39 is 0 Å². The van der Waals surface area contributed by atoms with Gasteiger partial charge in [0, 0.05) is 24.2 Å². The van der Waals surface area contributed by atoms with Crippen molar-refractivity contribution in [2.45, 2.75) is 19.8 Å². The number of aromatic amines is 1. The Morgan fingerprint density at radius 1 is 1.23 bits per heavy atom. The van der Waals surface area contributed by atoms with Gasteiger partial charge in [-0.05, 0) is 42.5 Å². The molecule has 0 radical (unpaired) electrons. The van der Waals surface area contributed by atoms with Gasteiger partial charge < -0.3 is 10.1 Å². The summed E-state index contributed by atoms with van der Waals surface area (Å²) >= 11 is 1.54. The fraction of sp³-hybridized carbons (Fsp3) is 0.182. The molecule has 0 spiro atoms. The van der Waals surface area contributed by atoms with Crippen LogP contribution in [0.4, 0.5) is 5.82 Å². The minimum Gasteiger partial charge on any atom is -0.497 e. The topological polar surface area (TPSA) is 102 Å². The maximum Gasteiger partial charge on any atom is 0.252 e. The van der Waals surface area contributed by atoms with Gasteiger partial charge in [0.25, 0.3) is 5.56 Å². The van der Waals surface area contributed by atoms with Crippen LogP contribution in [0.1, 0.15) is 17.7 Å². The van der Waals surface area contributed by atoms with Crippen LogP contribution in [0.15, 0.2) is 58.7 Å². The lowest BCUT2D eigenvalue weighted by Gasteiger charge is -2.08. The minimum atomic E-state index is -0.285. The van der Waals surface area contributed by atoms with E-state index >= 15 is 0 Å². The zero-order valence-corrected chi connectivity index (χ0v) is 17.9. The number of benzene rings is 1. The number of H-pyrrole nitrogens is 1. The molecule has 31 heavy (non-hydrogen) atoms. The van der Waals surface area contributed by atoms with Crippen LogP contribution in [0, 0.1) is 6.92 Å². The molecule has 0 unspecified atom stereocenters. The predicted octanol–water partition coefficient (Wildman–Crippen LogP) is 3.57. The van der Waals surface area contributed by atoms with Crippen molar-refractivity contribution < 1.29 is 9.53 Å². The van der Waals surface area contributed by atoms with Crippen molar-refractivity contribution in [2.24, 2.45) is 0 Å². The number of carbonyl (C=O) groups excluding carboxylic acids is 1. The number of amides is 1. The van der Waals surface area contributed by atoms with Crippen LogP contribution in [0.25, 0.3) is 16.5 Å². The molecule has 0 aliphatic rings. The highest BCUT2D eigenvalue weighted by molar-refractivity contribution is 7.13. The van der Waals surface area contributed by atoms with E-state index in [0.717, 1.165) is 16.2 Å². The van der Waals surface area contributed by atoms with Gasteiger partial charge >= 0.3 is 0 Å². The number of aryl methyl sites for hydroxylation is 2. The first-order valence-corrected chi connectivity index (χ1v) is 10.5. The van der Waals surface area contributed by atoms with E-state index in [1.54, 1.807) is 20.1 Å². The van der Waals surface area contributed by atoms with Crippen molar-refractivity contribution >= 4 is 23.1 Å². The number of anilines is 1. The molecule has 0 bridgehead atoms. The minimum absolute atomic E-state index is 0.162. The van der Waals surface area contributed by atoms with Crippen molar-refractivity contribution in [1.29, 1.82) is 0 Å². The van der Waals surface area contributed by atoms with E-state index in [4.69, 9.17) is 4.74 Å². The first kappa shape index (κ1) is 20.5. The third-order valence-electron chi connectivity index (χ3n) is 4.61. The fourth-order valence-electron chi connectivity index (χ4n) is 3.10. The summed E-state index contributed by atoms with van der Waals surface area (Å²) in [7, 11) is 1.62. The van der Waals surface area contributed by atoms with Crippen LogP contribution in [-0.2, 0) is 11.2 Å². The predicted molar refractivity (Wildman–Crippen MR) is 120 cm³/mol. The van der Waals surface area contributed by atoms with Crippen LogP contribution in [0.2, 0.25) is 0 Å². The second-order valence-electron chi connectivity index (χ2n) is 6.91. The number of nitrogens with one attached hydrogen (secondary N) is 2. The summed E-state index contributed by atoms with van der Waals surface area (Å²) < 4.78 is 6.61. The molecule has 1 aromatic carbocycles. The number of methoxy groups -OCH3 is 1. The van der Waals surface area contributed by atoms with Crippen LogP contribution in [0.3, 0.4) is 0 Å². The van der Waals surface area contributed by atoms with Crippen LogP contribution in [0.5, 0.6) is 5.75 Å². The van der Waals surface area contributed by atoms with Crippen molar-refractivity contribution in [3.8, 4) is 22.3 Å². The number of rotatable bonds is 7. The number of aromatic nitrogens is 4. The molecule has 3 heterocycles. The lowest BCUT2D eigenvalue weighted by atomic mass is 10.1. The maximum absolute atomic E-state index is 12.7. The van der Waals surface area contributed by atoms with Crippen molar-refractivity contribution in [3.05, 3.63) is 75.5 Å². The second-order valence-corrected chi connectivity index (χ2v) is 7.86. The van der Waals surface area contributed by atoms with Crippen molar-refractivity contribution in [2.75, 3.05) is 12.4 Å². The van der Waals surface area contributed by atoms with Crippen LogP contribution < -0.4 is 15.6 Å². The van der Waals surface area contributed by atoms with Crippen molar-refractivity contribution in [1.82, 2.24) is 19.7 Å². The molecule has 2 N–H and O–H groups in total. The number of carbonyl (C=O) groups is 1. The molecule has 0 atom stereocenters. The largest absolute Gasteiger partial charge is 0.497 e. The summed E-state index contributed by atoms with van der Waals surface area (Å²) in [4.78, 5) is 32.6.